The molecule has 0 aromatic carbocycles. The van der Waals surface area contributed by atoms with Gasteiger partial charge in [-0.2, -0.15) is 4.31 Å². The number of hydrogen-bond donors (Lipinski definition) is 2. The molecule has 8 nitrogen and oxygen atoms in total. The highest BCUT2D eigenvalue weighted by molar-refractivity contribution is 7.91. The van der Waals surface area contributed by atoms with Gasteiger partial charge in [-0.25, -0.2) is 14.3 Å². The summed E-state index contributed by atoms with van der Waals surface area (Å²) in [7, 11) is -3.67. The van der Waals surface area contributed by atoms with Crippen LogP contribution in [-0.2, 0) is 10.0 Å². The van der Waals surface area contributed by atoms with Gasteiger partial charge in [0.15, 0.2) is 5.00 Å². The molecule has 0 aliphatic carbocycles. The first-order chi connectivity index (χ1) is 8.86. The summed E-state index contributed by atoms with van der Waals surface area (Å²) in [5.41, 5.74) is 1.84. The second-order valence-corrected chi connectivity index (χ2v) is 7.66. The number of rotatable bonds is 4. The van der Waals surface area contributed by atoms with E-state index in [0.29, 0.717) is 19.0 Å². The Morgan fingerprint density at radius 1 is 1.63 bits per heavy atom. The summed E-state index contributed by atoms with van der Waals surface area (Å²) in [6.07, 6.45) is 0.800. The molecule has 1 atom stereocenters. The first kappa shape index (κ1) is 14.2. The molecule has 1 fully saturated rings. The van der Waals surface area contributed by atoms with E-state index in [-0.39, 0.29) is 14.9 Å². The van der Waals surface area contributed by atoms with E-state index in [2.05, 4.69) is 5.43 Å². The number of nitrogens with zero attached hydrogens (tertiary/aromatic N) is 2. The van der Waals surface area contributed by atoms with Gasteiger partial charge in [-0.15, -0.1) is 0 Å². The fourth-order valence-electron chi connectivity index (χ4n) is 1.97. The maximum atomic E-state index is 12.3. The van der Waals surface area contributed by atoms with Crippen LogP contribution in [0.5, 0.6) is 0 Å². The minimum Gasteiger partial charge on any atom is -0.310 e. The molecular formula is C9H14N4O4S2. The van der Waals surface area contributed by atoms with Gasteiger partial charge in [0.05, 0.1) is 4.92 Å². The first-order valence-electron chi connectivity index (χ1n) is 5.61. The van der Waals surface area contributed by atoms with Crippen LogP contribution >= 0.6 is 11.3 Å². The number of anilines is 1. The summed E-state index contributed by atoms with van der Waals surface area (Å²) in [5.74, 6) is 5.47. The predicted molar refractivity (Wildman–Crippen MR) is 71.3 cm³/mol. The smallest absolute Gasteiger partial charge is 0.306 e. The van der Waals surface area contributed by atoms with Crippen molar-refractivity contribution >= 4 is 32.0 Å². The Morgan fingerprint density at radius 2 is 2.32 bits per heavy atom. The number of nitro groups is 1. The highest BCUT2D eigenvalue weighted by Crippen LogP contribution is 2.38. The average molecular weight is 306 g/mol. The van der Waals surface area contributed by atoms with E-state index in [1.54, 1.807) is 0 Å². The van der Waals surface area contributed by atoms with Crippen molar-refractivity contribution < 1.29 is 13.3 Å². The summed E-state index contributed by atoms with van der Waals surface area (Å²) >= 11 is 0.775. The van der Waals surface area contributed by atoms with Crippen molar-refractivity contribution in [2.45, 2.75) is 17.6 Å². The largest absolute Gasteiger partial charge is 0.310 e. The third kappa shape index (κ3) is 2.56. The van der Waals surface area contributed by atoms with Crippen LogP contribution in [0, 0.1) is 16.0 Å². The fraction of sp³-hybridized carbons (Fsp3) is 0.556. The van der Waals surface area contributed by atoms with Crippen molar-refractivity contribution in [2.24, 2.45) is 11.8 Å². The summed E-state index contributed by atoms with van der Waals surface area (Å²) < 4.78 is 26.0. The molecule has 1 aliphatic rings. The molecule has 1 unspecified atom stereocenters. The molecule has 1 aliphatic heterocycles. The molecule has 19 heavy (non-hydrogen) atoms. The van der Waals surface area contributed by atoms with Gasteiger partial charge in [0, 0.05) is 19.2 Å². The van der Waals surface area contributed by atoms with Gasteiger partial charge in [0.2, 0.25) is 0 Å². The SMILES string of the molecule is CC1CCN(S(=O)(=O)c2cc([N+](=O)[O-])c(NN)s2)C1. The number of hydrogen-bond acceptors (Lipinski definition) is 7. The van der Waals surface area contributed by atoms with Crippen molar-refractivity contribution in [1.82, 2.24) is 4.31 Å². The maximum Gasteiger partial charge on any atom is 0.306 e. The van der Waals surface area contributed by atoms with Crippen LogP contribution in [0.1, 0.15) is 13.3 Å². The second-order valence-electron chi connectivity index (χ2n) is 4.44. The Labute approximate surface area is 114 Å². The number of sulfonamides is 1. The van der Waals surface area contributed by atoms with Gasteiger partial charge in [0.25, 0.3) is 10.0 Å². The van der Waals surface area contributed by atoms with Gasteiger partial charge in [-0.05, 0) is 12.3 Å². The van der Waals surface area contributed by atoms with Gasteiger partial charge >= 0.3 is 5.69 Å². The minimum atomic E-state index is -3.67. The van der Waals surface area contributed by atoms with E-state index >= 15 is 0 Å². The van der Waals surface area contributed by atoms with Crippen molar-refractivity contribution in [2.75, 3.05) is 18.5 Å². The molecule has 3 N–H and O–H groups in total. The van der Waals surface area contributed by atoms with E-state index in [9.17, 15) is 18.5 Å². The fourth-order valence-corrected chi connectivity index (χ4v) is 4.93. The van der Waals surface area contributed by atoms with Crippen LogP contribution in [0.4, 0.5) is 10.7 Å². The molecule has 0 amide bonds. The quantitative estimate of drug-likeness (QED) is 0.486. The van der Waals surface area contributed by atoms with E-state index < -0.39 is 14.9 Å². The molecule has 0 spiro atoms. The van der Waals surface area contributed by atoms with Crippen LogP contribution < -0.4 is 11.3 Å². The average Bonchev–Trinajstić information content (AvgIpc) is 2.94. The molecule has 0 saturated carbocycles. The molecule has 1 saturated heterocycles. The van der Waals surface area contributed by atoms with Crippen molar-refractivity contribution in [3.63, 3.8) is 0 Å². The molecule has 1 aromatic heterocycles. The topological polar surface area (TPSA) is 119 Å². The van der Waals surface area contributed by atoms with E-state index in [1.165, 1.54) is 4.31 Å². The van der Waals surface area contributed by atoms with Gasteiger partial charge < -0.3 is 5.43 Å². The molecular weight excluding hydrogens is 292 g/mol. The summed E-state index contributed by atoms with van der Waals surface area (Å²) in [4.78, 5) is 10.1. The molecule has 0 bridgehead atoms. The molecule has 10 heteroatoms. The van der Waals surface area contributed by atoms with E-state index in [0.717, 1.165) is 23.8 Å². The lowest BCUT2D eigenvalue weighted by Crippen LogP contribution is -2.28. The van der Waals surface area contributed by atoms with Crippen molar-refractivity contribution in [3.8, 4) is 0 Å². The lowest BCUT2D eigenvalue weighted by atomic mass is 10.2. The Kier molecular flexibility index (Phi) is 3.76. The van der Waals surface area contributed by atoms with Crippen LogP contribution in [0.2, 0.25) is 0 Å². The minimum absolute atomic E-state index is 0.0378. The van der Waals surface area contributed by atoms with Crippen molar-refractivity contribution in [3.05, 3.63) is 16.2 Å². The van der Waals surface area contributed by atoms with Crippen LogP contribution in [0.15, 0.2) is 10.3 Å². The standard InChI is InChI=1S/C9H14N4O4S2/c1-6-2-3-12(5-6)19(16,17)8-4-7(13(14)15)9(11-10)18-8/h4,6,11H,2-3,5,10H2,1H3. The number of hydrazine groups is 1. The van der Waals surface area contributed by atoms with Crippen LogP contribution in [0.25, 0.3) is 0 Å². The molecule has 2 heterocycles. The number of thiophene rings is 1. The molecule has 1 aromatic rings. The number of nitrogens with two attached hydrogens (primary N) is 1. The van der Waals surface area contributed by atoms with Crippen molar-refractivity contribution in [1.29, 1.82) is 0 Å². The Morgan fingerprint density at radius 3 is 2.74 bits per heavy atom. The number of nitrogen functional groups attached to an aromatic ring is 1. The van der Waals surface area contributed by atoms with Gasteiger partial charge in [-0.1, -0.05) is 18.3 Å². The Hall–Kier alpha value is -1.23. The highest BCUT2D eigenvalue weighted by Gasteiger charge is 2.34. The van der Waals surface area contributed by atoms with Gasteiger partial charge in [0.1, 0.15) is 4.21 Å². The predicted octanol–water partition coefficient (Wildman–Crippen LogP) is 0.972. The van der Waals surface area contributed by atoms with Crippen LogP contribution in [0.3, 0.4) is 0 Å². The van der Waals surface area contributed by atoms with Gasteiger partial charge in [-0.3, -0.25) is 10.1 Å². The zero-order chi connectivity index (χ0) is 14.2. The summed E-state index contributed by atoms with van der Waals surface area (Å²) in [6.45, 7) is 2.86. The third-order valence-electron chi connectivity index (χ3n) is 3.00. The first-order valence-corrected chi connectivity index (χ1v) is 7.87. The molecule has 0 radical (unpaired) electrons. The zero-order valence-corrected chi connectivity index (χ0v) is 11.8. The van der Waals surface area contributed by atoms with E-state index in [4.69, 9.17) is 5.84 Å². The summed E-state index contributed by atoms with van der Waals surface area (Å²) in [5, 5.41) is 10.8. The third-order valence-corrected chi connectivity index (χ3v) is 6.37. The Bertz CT molecular complexity index is 597. The maximum absolute atomic E-state index is 12.3. The second kappa shape index (κ2) is 5.04. The Balaban J connectivity index is 2.38. The van der Waals surface area contributed by atoms with Crippen LogP contribution in [-0.4, -0.2) is 30.7 Å². The lowest BCUT2D eigenvalue weighted by Gasteiger charge is -2.13. The van der Waals surface area contributed by atoms with E-state index in [1.807, 2.05) is 6.92 Å². The molecule has 106 valence electrons. The normalized spacial score (nSPS) is 20.6. The molecule has 2 rings (SSSR count). The monoisotopic (exact) mass is 306 g/mol. The summed E-state index contributed by atoms with van der Waals surface area (Å²) in [6, 6.07) is 1.05. The zero-order valence-electron chi connectivity index (χ0n) is 10.2. The lowest BCUT2D eigenvalue weighted by molar-refractivity contribution is -0.383. The highest BCUT2D eigenvalue weighted by atomic mass is 32.2. The number of nitrogens with one attached hydrogen (secondary N) is 1.